The van der Waals surface area contributed by atoms with E-state index >= 15 is 0 Å². The number of allylic oxidation sites excluding steroid dienone is 2. The normalized spacial score (nSPS) is 18.2. The molecule has 0 bridgehead atoms. The Morgan fingerprint density at radius 1 is 1.19 bits per heavy atom. The third kappa shape index (κ3) is 4.24. The number of rotatable bonds is 4. The van der Waals surface area contributed by atoms with Crippen molar-refractivity contribution in [3.05, 3.63) is 76.7 Å². The van der Waals surface area contributed by atoms with Crippen LogP contribution in [0, 0.1) is 0 Å². The van der Waals surface area contributed by atoms with E-state index in [1.54, 1.807) is 29.2 Å². The maximum atomic E-state index is 12.7. The number of benzene rings is 2. The van der Waals surface area contributed by atoms with Gasteiger partial charge in [0.05, 0.1) is 10.6 Å². The van der Waals surface area contributed by atoms with Crippen LogP contribution in [0.4, 0.5) is 5.69 Å². The average Bonchev–Trinajstić information content (AvgIpc) is 2.90. The average molecular weight is 364 g/mol. The number of carbonyl (C=O) groups excluding carboxylic acids is 1. The monoisotopic (exact) mass is 364 g/mol. The molecule has 3 rings (SSSR count). The number of amides is 1. The predicted octanol–water partition coefficient (Wildman–Crippen LogP) is 4.96. The number of hydrogen-bond acceptors (Lipinski definition) is 4. The molecule has 0 atom stereocenters. The maximum Gasteiger partial charge on any atom is 0.266 e. The summed E-state index contributed by atoms with van der Waals surface area (Å²) in [4.78, 5) is 19.5. The van der Waals surface area contributed by atoms with Gasteiger partial charge in [-0.15, -0.1) is 0 Å². The molecule has 2 aromatic rings. The molecule has 4 nitrogen and oxygen atoms in total. The van der Waals surface area contributed by atoms with Gasteiger partial charge >= 0.3 is 0 Å². The first-order chi connectivity index (χ1) is 12.6. The van der Waals surface area contributed by atoms with E-state index in [1.807, 2.05) is 56.3 Å². The van der Waals surface area contributed by atoms with E-state index in [2.05, 4.69) is 4.99 Å². The van der Waals surface area contributed by atoms with Crippen molar-refractivity contribution >= 4 is 34.6 Å². The second-order valence-corrected chi connectivity index (χ2v) is 6.88. The number of aromatic hydroxyl groups is 1. The van der Waals surface area contributed by atoms with Crippen LogP contribution in [0.2, 0.25) is 0 Å². The van der Waals surface area contributed by atoms with Gasteiger partial charge in [0.1, 0.15) is 5.75 Å². The van der Waals surface area contributed by atoms with Gasteiger partial charge in [0.2, 0.25) is 0 Å². The molecule has 0 saturated carbocycles. The first-order valence-electron chi connectivity index (χ1n) is 8.39. The Labute approximate surface area is 157 Å². The lowest BCUT2D eigenvalue weighted by Gasteiger charge is -2.12. The molecule has 0 unspecified atom stereocenters. The van der Waals surface area contributed by atoms with Crippen LogP contribution in [-0.4, -0.2) is 27.6 Å². The Morgan fingerprint density at radius 3 is 2.65 bits per heavy atom. The van der Waals surface area contributed by atoms with Crippen molar-refractivity contribution in [1.82, 2.24) is 4.90 Å². The Hall–Kier alpha value is -2.79. The highest BCUT2D eigenvalue weighted by atomic mass is 32.2. The Morgan fingerprint density at radius 2 is 1.96 bits per heavy atom. The summed E-state index contributed by atoms with van der Waals surface area (Å²) in [5.74, 6) is 0.110. The zero-order valence-corrected chi connectivity index (χ0v) is 15.5. The fourth-order valence-electron chi connectivity index (χ4n) is 2.60. The molecule has 1 N–H and O–H groups in total. The second kappa shape index (κ2) is 8.06. The third-order valence-electron chi connectivity index (χ3n) is 3.81. The van der Waals surface area contributed by atoms with Gasteiger partial charge in [-0.2, -0.15) is 0 Å². The van der Waals surface area contributed by atoms with Crippen molar-refractivity contribution in [3.8, 4) is 5.75 Å². The van der Waals surface area contributed by atoms with E-state index in [4.69, 9.17) is 0 Å². The van der Waals surface area contributed by atoms with E-state index in [9.17, 15) is 9.90 Å². The number of amidine groups is 1. The molecule has 1 aliphatic rings. The van der Waals surface area contributed by atoms with E-state index in [0.717, 1.165) is 11.1 Å². The minimum Gasteiger partial charge on any atom is -0.508 e. The molecule has 1 amide bonds. The van der Waals surface area contributed by atoms with Crippen molar-refractivity contribution < 1.29 is 9.90 Å². The minimum atomic E-state index is -0.0442. The molecule has 0 radical (unpaired) electrons. The molecule has 1 fully saturated rings. The van der Waals surface area contributed by atoms with Crippen LogP contribution in [0.1, 0.15) is 19.4 Å². The van der Waals surface area contributed by atoms with Gasteiger partial charge in [-0.1, -0.05) is 42.5 Å². The van der Waals surface area contributed by atoms with Gasteiger partial charge in [-0.25, -0.2) is 4.99 Å². The van der Waals surface area contributed by atoms with Crippen LogP contribution >= 0.6 is 11.8 Å². The van der Waals surface area contributed by atoms with Crippen molar-refractivity contribution in [3.63, 3.8) is 0 Å². The molecule has 2 aromatic carbocycles. The van der Waals surface area contributed by atoms with Gasteiger partial charge < -0.3 is 5.11 Å². The van der Waals surface area contributed by atoms with Crippen LogP contribution in [0.15, 0.2) is 76.1 Å². The number of phenols is 1. The summed E-state index contributed by atoms with van der Waals surface area (Å²) in [5, 5.41) is 10.2. The number of hydrogen-bond donors (Lipinski definition) is 1. The summed E-state index contributed by atoms with van der Waals surface area (Å²) in [5.41, 5.74) is 2.72. The fourth-order valence-corrected chi connectivity index (χ4v) is 3.72. The standard InChI is InChI=1S/C21H20N2O2S/c1-3-23-20(25)19(13-15(2)12-16-8-5-4-6-9-16)26-21(23)22-17-10-7-11-18(24)14-17/h4-14,24H,3H2,1-2H3/b15-12+,19-13-,22-21?. The highest BCUT2D eigenvalue weighted by Crippen LogP contribution is 2.34. The van der Waals surface area contributed by atoms with E-state index in [0.29, 0.717) is 22.3 Å². The van der Waals surface area contributed by atoms with E-state index < -0.39 is 0 Å². The zero-order valence-electron chi connectivity index (χ0n) is 14.7. The molecule has 1 aliphatic heterocycles. The second-order valence-electron chi connectivity index (χ2n) is 5.87. The summed E-state index contributed by atoms with van der Waals surface area (Å²) < 4.78 is 0. The van der Waals surface area contributed by atoms with Crippen molar-refractivity contribution in [1.29, 1.82) is 0 Å². The number of aliphatic imine (C=N–C) groups is 1. The first-order valence-corrected chi connectivity index (χ1v) is 9.21. The molecule has 0 aliphatic carbocycles. The van der Waals surface area contributed by atoms with Gasteiger partial charge in [0, 0.05) is 12.6 Å². The lowest BCUT2D eigenvalue weighted by Crippen LogP contribution is -2.28. The van der Waals surface area contributed by atoms with Gasteiger partial charge in [0.15, 0.2) is 5.17 Å². The number of thioether (sulfide) groups is 1. The Balaban J connectivity index is 1.88. The molecule has 1 saturated heterocycles. The lowest BCUT2D eigenvalue weighted by molar-refractivity contribution is -0.122. The van der Waals surface area contributed by atoms with Crippen molar-refractivity contribution in [2.75, 3.05) is 6.54 Å². The summed E-state index contributed by atoms with van der Waals surface area (Å²) in [7, 11) is 0. The minimum absolute atomic E-state index is 0.0442. The lowest BCUT2D eigenvalue weighted by atomic mass is 10.1. The fraction of sp³-hybridized carbons (Fsp3) is 0.143. The third-order valence-corrected chi connectivity index (χ3v) is 4.82. The smallest absolute Gasteiger partial charge is 0.266 e. The van der Waals surface area contributed by atoms with Crippen LogP contribution in [0.25, 0.3) is 6.08 Å². The molecule has 132 valence electrons. The van der Waals surface area contributed by atoms with E-state index in [1.165, 1.54) is 11.8 Å². The SMILES string of the molecule is CCN1C(=O)/C(=C/C(C)=C/c2ccccc2)SC1=Nc1cccc(O)c1. The molecule has 0 aromatic heterocycles. The Kier molecular flexibility index (Phi) is 5.58. The maximum absolute atomic E-state index is 12.7. The highest BCUT2D eigenvalue weighted by molar-refractivity contribution is 8.18. The predicted molar refractivity (Wildman–Crippen MR) is 108 cm³/mol. The van der Waals surface area contributed by atoms with Crippen LogP contribution in [0.5, 0.6) is 5.75 Å². The van der Waals surface area contributed by atoms with Gasteiger partial charge in [-0.3, -0.25) is 9.69 Å². The van der Waals surface area contributed by atoms with Crippen LogP contribution in [-0.2, 0) is 4.79 Å². The van der Waals surface area contributed by atoms with Crippen LogP contribution in [0.3, 0.4) is 0 Å². The highest BCUT2D eigenvalue weighted by Gasteiger charge is 2.32. The van der Waals surface area contributed by atoms with E-state index in [-0.39, 0.29) is 11.7 Å². The zero-order chi connectivity index (χ0) is 18.5. The van der Waals surface area contributed by atoms with Gasteiger partial charge in [0.25, 0.3) is 5.91 Å². The quantitative estimate of drug-likeness (QED) is 0.780. The molecular weight excluding hydrogens is 344 g/mol. The van der Waals surface area contributed by atoms with Crippen LogP contribution < -0.4 is 0 Å². The topological polar surface area (TPSA) is 52.9 Å². The van der Waals surface area contributed by atoms with Gasteiger partial charge in [-0.05, 0) is 55.0 Å². The summed E-state index contributed by atoms with van der Waals surface area (Å²) >= 11 is 1.36. The van der Waals surface area contributed by atoms with Crippen molar-refractivity contribution in [2.45, 2.75) is 13.8 Å². The number of likely N-dealkylation sites (N-methyl/N-ethyl adjacent to an activating group) is 1. The number of nitrogens with zero attached hydrogens (tertiary/aromatic N) is 2. The first kappa shape index (κ1) is 18.0. The summed E-state index contributed by atoms with van der Waals surface area (Å²) in [6, 6.07) is 16.7. The summed E-state index contributed by atoms with van der Waals surface area (Å²) in [6.45, 7) is 4.45. The molecule has 26 heavy (non-hydrogen) atoms. The molecule has 5 heteroatoms. The molecular formula is C21H20N2O2S. The number of phenolic OH excluding ortho intramolecular Hbond substituents is 1. The summed E-state index contributed by atoms with van der Waals surface area (Å²) in [6.07, 6.45) is 3.94. The van der Waals surface area contributed by atoms with Crippen molar-refractivity contribution in [2.24, 2.45) is 4.99 Å². The molecule has 1 heterocycles. The molecule has 0 spiro atoms. The Bertz CT molecular complexity index is 901. The largest absolute Gasteiger partial charge is 0.508 e. The number of carbonyl (C=O) groups is 1.